The molecule has 2 N–H and O–H groups in total. The molecule has 1 amide bonds. The molecule has 3 rings (SSSR count). The summed E-state index contributed by atoms with van der Waals surface area (Å²) in [6, 6.07) is 4.49. The Balaban J connectivity index is 1.86. The lowest BCUT2D eigenvalue weighted by Crippen LogP contribution is -2.48. The summed E-state index contributed by atoms with van der Waals surface area (Å²) in [7, 11) is 0. The molecular formula is C16H19N3O4S. The number of amides is 1. The van der Waals surface area contributed by atoms with Gasteiger partial charge >= 0.3 is 5.97 Å². The van der Waals surface area contributed by atoms with Crippen LogP contribution in [0.1, 0.15) is 23.3 Å². The third-order valence-electron chi connectivity index (χ3n) is 4.13. The molecule has 0 radical (unpaired) electrons. The lowest BCUT2D eigenvalue weighted by molar-refractivity contribution is -0.142. The van der Waals surface area contributed by atoms with Crippen LogP contribution in [-0.2, 0) is 9.53 Å². The van der Waals surface area contributed by atoms with Crippen LogP contribution in [0.25, 0.3) is 5.52 Å². The highest BCUT2D eigenvalue weighted by Gasteiger charge is 2.32. The smallest absolute Gasteiger partial charge is 0.326 e. The molecule has 8 heteroatoms. The summed E-state index contributed by atoms with van der Waals surface area (Å²) in [6.07, 6.45) is 5.23. The standard InChI is InChI=1S/C16H19N3O4S/c1-24-16-18-13(11-6-2-3-7-19(11)16)14(20)17-12(15(21)22)10-5-4-8-23-9-10/h2-3,6-7,10,12H,4-5,8-9H2,1H3,(H,17,20)(H,21,22). The SMILES string of the molecule is CSc1nc(C(=O)NC(C(=O)O)C2CCCOC2)c2ccccn12. The quantitative estimate of drug-likeness (QED) is 0.798. The first-order valence-corrected chi connectivity index (χ1v) is 8.96. The molecule has 2 unspecified atom stereocenters. The first-order chi connectivity index (χ1) is 11.6. The summed E-state index contributed by atoms with van der Waals surface area (Å²) in [6.45, 7) is 0.983. The van der Waals surface area contributed by atoms with Crippen molar-refractivity contribution >= 4 is 29.2 Å². The van der Waals surface area contributed by atoms with Crippen LogP contribution in [0.4, 0.5) is 0 Å². The van der Waals surface area contributed by atoms with Crippen LogP contribution >= 0.6 is 11.8 Å². The summed E-state index contributed by atoms with van der Waals surface area (Å²) in [5.74, 6) is -1.75. The van der Waals surface area contributed by atoms with E-state index >= 15 is 0 Å². The minimum Gasteiger partial charge on any atom is -0.480 e. The molecule has 3 heterocycles. The van der Waals surface area contributed by atoms with Gasteiger partial charge in [0.1, 0.15) is 6.04 Å². The lowest BCUT2D eigenvalue weighted by Gasteiger charge is -2.27. The molecule has 0 bridgehead atoms. The van der Waals surface area contributed by atoms with Crippen molar-refractivity contribution in [3.8, 4) is 0 Å². The second-order valence-corrected chi connectivity index (χ2v) is 6.44. The minimum absolute atomic E-state index is 0.228. The molecule has 2 aromatic heterocycles. The summed E-state index contributed by atoms with van der Waals surface area (Å²) in [5, 5.41) is 12.8. The number of nitrogens with zero attached hydrogens (tertiary/aromatic N) is 2. The number of hydrogen-bond acceptors (Lipinski definition) is 5. The van der Waals surface area contributed by atoms with Crippen LogP contribution in [0.5, 0.6) is 0 Å². The van der Waals surface area contributed by atoms with Crippen molar-refractivity contribution in [2.75, 3.05) is 19.5 Å². The third-order valence-corrected chi connectivity index (χ3v) is 4.79. The van der Waals surface area contributed by atoms with Gasteiger partial charge in [-0.25, -0.2) is 9.78 Å². The van der Waals surface area contributed by atoms with E-state index in [1.165, 1.54) is 11.8 Å². The molecule has 0 aromatic carbocycles. The van der Waals surface area contributed by atoms with E-state index in [0.29, 0.717) is 23.9 Å². The number of carboxylic acid groups (broad SMARTS) is 1. The van der Waals surface area contributed by atoms with Gasteiger partial charge in [-0.05, 0) is 31.2 Å². The number of carbonyl (C=O) groups is 2. The summed E-state index contributed by atoms with van der Waals surface area (Å²) >= 11 is 1.43. The second kappa shape index (κ2) is 7.23. The van der Waals surface area contributed by atoms with Gasteiger partial charge in [0, 0.05) is 18.7 Å². The topological polar surface area (TPSA) is 92.9 Å². The fourth-order valence-corrected chi connectivity index (χ4v) is 3.48. The fraction of sp³-hybridized carbons (Fsp3) is 0.438. The van der Waals surface area contributed by atoms with Gasteiger partial charge in [-0.3, -0.25) is 9.20 Å². The van der Waals surface area contributed by atoms with Crippen LogP contribution in [0, 0.1) is 5.92 Å². The van der Waals surface area contributed by atoms with E-state index in [1.54, 1.807) is 6.07 Å². The molecule has 0 saturated carbocycles. The fourth-order valence-electron chi connectivity index (χ4n) is 2.94. The molecule has 0 spiro atoms. The van der Waals surface area contributed by atoms with Crippen molar-refractivity contribution in [2.45, 2.75) is 24.0 Å². The van der Waals surface area contributed by atoms with Gasteiger partial charge in [-0.1, -0.05) is 17.8 Å². The van der Waals surface area contributed by atoms with Gasteiger partial charge in [-0.2, -0.15) is 0 Å². The molecule has 2 aromatic rings. The number of aromatic nitrogens is 2. The van der Waals surface area contributed by atoms with E-state index in [2.05, 4.69) is 10.3 Å². The van der Waals surface area contributed by atoms with E-state index in [4.69, 9.17) is 4.74 Å². The number of aliphatic carboxylic acids is 1. The number of ether oxygens (including phenoxy) is 1. The summed E-state index contributed by atoms with van der Waals surface area (Å²) in [4.78, 5) is 28.6. The van der Waals surface area contributed by atoms with Gasteiger partial charge in [0.2, 0.25) is 0 Å². The monoisotopic (exact) mass is 349 g/mol. The van der Waals surface area contributed by atoms with Crippen LogP contribution in [-0.4, -0.2) is 51.9 Å². The largest absolute Gasteiger partial charge is 0.480 e. The number of fused-ring (bicyclic) bond motifs is 1. The first-order valence-electron chi connectivity index (χ1n) is 7.74. The predicted octanol–water partition coefficient (Wildman–Crippen LogP) is 1.67. The zero-order valence-electron chi connectivity index (χ0n) is 13.3. The van der Waals surface area contributed by atoms with Crippen LogP contribution < -0.4 is 5.32 Å². The first kappa shape index (κ1) is 16.8. The zero-order valence-corrected chi connectivity index (χ0v) is 14.1. The predicted molar refractivity (Wildman–Crippen MR) is 89.4 cm³/mol. The Hall–Kier alpha value is -2.06. The van der Waals surface area contributed by atoms with Gasteiger partial charge < -0.3 is 15.2 Å². The molecular weight excluding hydrogens is 330 g/mol. The molecule has 1 fully saturated rings. The molecule has 7 nitrogen and oxygen atoms in total. The molecule has 1 saturated heterocycles. The molecule has 1 aliphatic heterocycles. The Bertz CT molecular complexity index is 755. The molecule has 1 aliphatic rings. The zero-order chi connectivity index (χ0) is 17.1. The van der Waals surface area contributed by atoms with E-state index in [1.807, 2.05) is 29.0 Å². The van der Waals surface area contributed by atoms with Gasteiger partial charge in [0.25, 0.3) is 5.91 Å². The highest BCUT2D eigenvalue weighted by molar-refractivity contribution is 7.98. The van der Waals surface area contributed by atoms with Crippen molar-refractivity contribution in [3.63, 3.8) is 0 Å². The molecule has 24 heavy (non-hydrogen) atoms. The maximum absolute atomic E-state index is 12.6. The Labute approximate surface area is 143 Å². The number of carbonyl (C=O) groups excluding carboxylic acids is 1. The van der Waals surface area contributed by atoms with Gasteiger partial charge in [-0.15, -0.1) is 0 Å². The van der Waals surface area contributed by atoms with E-state index in [0.717, 1.165) is 12.8 Å². The number of pyridine rings is 1. The van der Waals surface area contributed by atoms with E-state index in [-0.39, 0.29) is 11.6 Å². The normalized spacial score (nSPS) is 19.1. The Morgan fingerprint density at radius 2 is 2.33 bits per heavy atom. The van der Waals surface area contributed by atoms with Crippen molar-refractivity contribution in [3.05, 3.63) is 30.1 Å². The van der Waals surface area contributed by atoms with Gasteiger partial charge in [0.05, 0.1) is 12.1 Å². The summed E-state index contributed by atoms with van der Waals surface area (Å²) in [5.41, 5.74) is 0.895. The summed E-state index contributed by atoms with van der Waals surface area (Å²) < 4.78 is 7.17. The van der Waals surface area contributed by atoms with Crippen molar-refractivity contribution in [1.29, 1.82) is 0 Å². The molecule has 128 valence electrons. The van der Waals surface area contributed by atoms with Crippen molar-refractivity contribution in [1.82, 2.24) is 14.7 Å². The van der Waals surface area contributed by atoms with Gasteiger partial charge in [0.15, 0.2) is 10.9 Å². The number of rotatable bonds is 5. The van der Waals surface area contributed by atoms with Crippen LogP contribution in [0.15, 0.2) is 29.6 Å². The minimum atomic E-state index is -1.05. The number of hydrogen-bond donors (Lipinski definition) is 2. The molecule has 0 aliphatic carbocycles. The lowest BCUT2D eigenvalue weighted by atomic mass is 9.93. The highest BCUT2D eigenvalue weighted by atomic mass is 32.2. The highest BCUT2D eigenvalue weighted by Crippen LogP contribution is 2.21. The average molecular weight is 349 g/mol. The maximum Gasteiger partial charge on any atom is 0.326 e. The van der Waals surface area contributed by atoms with Crippen LogP contribution in [0.2, 0.25) is 0 Å². The molecule has 2 atom stereocenters. The Morgan fingerprint density at radius 1 is 1.50 bits per heavy atom. The van der Waals surface area contributed by atoms with Crippen LogP contribution in [0.3, 0.4) is 0 Å². The number of nitrogens with one attached hydrogen (secondary N) is 1. The Kier molecular flexibility index (Phi) is 5.06. The number of carboxylic acids is 1. The number of thioether (sulfide) groups is 1. The third kappa shape index (κ3) is 3.25. The second-order valence-electron chi connectivity index (χ2n) is 5.67. The average Bonchev–Trinajstić information content (AvgIpc) is 2.99. The number of imidazole rings is 1. The van der Waals surface area contributed by atoms with E-state index in [9.17, 15) is 14.7 Å². The Morgan fingerprint density at radius 3 is 3.00 bits per heavy atom. The maximum atomic E-state index is 12.6. The van der Waals surface area contributed by atoms with Crippen molar-refractivity contribution in [2.24, 2.45) is 5.92 Å². The van der Waals surface area contributed by atoms with E-state index < -0.39 is 17.9 Å². The van der Waals surface area contributed by atoms with Crippen molar-refractivity contribution < 1.29 is 19.4 Å².